The highest BCUT2D eigenvalue weighted by molar-refractivity contribution is 5.86. The number of carbonyl (C=O) groups is 2. The zero-order valence-corrected chi connectivity index (χ0v) is 18.4. The first-order valence-electron chi connectivity index (χ1n) is 10.4. The Morgan fingerprint density at radius 2 is 1.67 bits per heavy atom. The Kier molecular flexibility index (Phi) is 19.6. The lowest BCUT2D eigenvalue weighted by Gasteiger charge is -2.14. The number of ether oxygens (including phenoxy) is 2. The van der Waals surface area contributed by atoms with Crippen LogP contribution < -0.4 is 0 Å². The lowest BCUT2D eigenvalue weighted by molar-refractivity contribution is -0.140. The van der Waals surface area contributed by atoms with Crippen LogP contribution in [0.25, 0.3) is 0 Å². The van der Waals surface area contributed by atoms with Gasteiger partial charge in [-0.2, -0.15) is 0 Å². The predicted octanol–water partition coefficient (Wildman–Crippen LogP) is 6.25. The summed E-state index contributed by atoms with van der Waals surface area (Å²) in [5, 5.41) is 0. The van der Waals surface area contributed by atoms with Crippen molar-refractivity contribution in [1.82, 2.24) is 0 Å². The third-order valence-corrected chi connectivity index (χ3v) is 4.18. The fourth-order valence-corrected chi connectivity index (χ4v) is 2.28. The Morgan fingerprint density at radius 1 is 1.00 bits per heavy atom. The number of carbonyl (C=O) groups excluding carboxylic acids is 2. The Morgan fingerprint density at radius 3 is 2.15 bits per heavy atom. The van der Waals surface area contributed by atoms with E-state index in [0.717, 1.165) is 31.6 Å². The maximum atomic E-state index is 11.1. The van der Waals surface area contributed by atoms with Crippen molar-refractivity contribution in [3.05, 3.63) is 24.8 Å². The molecule has 0 N–H and O–H groups in total. The van der Waals surface area contributed by atoms with Crippen LogP contribution in [0.5, 0.6) is 0 Å². The number of unbranched alkanes of at least 4 members (excludes halogenated alkanes) is 3. The van der Waals surface area contributed by atoms with Crippen LogP contribution in [-0.2, 0) is 19.1 Å². The molecule has 158 valence electrons. The van der Waals surface area contributed by atoms with Crippen molar-refractivity contribution in [3.63, 3.8) is 0 Å². The van der Waals surface area contributed by atoms with E-state index in [1.54, 1.807) is 6.92 Å². The van der Waals surface area contributed by atoms with Gasteiger partial charge in [0.05, 0.1) is 13.2 Å². The summed E-state index contributed by atoms with van der Waals surface area (Å²) in [4.78, 5) is 21.7. The molecule has 0 aromatic heterocycles. The quantitative estimate of drug-likeness (QED) is 0.202. The Labute approximate surface area is 167 Å². The second-order valence-electron chi connectivity index (χ2n) is 7.41. The minimum atomic E-state index is -0.316. The molecule has 0 saturated heterocycles. The molecule has 27 heavy (non-hydrogen) atoms. The minimum absolute atomic E-state index is 0.264. The van der Waals surface area contributed by atoms with Gasteiger partial charge in [-0.05, 0) is 31.6 Å². The highest BCUT2D eigenvalue weighted by Crippen LogP contribution is 2.13. The van der Waals surface area contributed by atoms with E-state index in [-0.39, 0.29) is 11.9 Å². The maximum absolute atomic E-state index is 11.1. The lowest BCUT2D eigenvalue weighted by atomic mass is 10.0. The van der Waals surface area contributed by atoms with Crippen LogP contribution in [0.15, 0.2) is 24.8 Å². The van der Waals surface area contributed by atoms with Crippen LogP contribution >= 0.6 is 0 Å². The molecule has 0 aliphatic heterocycles. The van der Waals surface area contributed by atoms with Gasteiger partial charge in [0, 0.05) is 11.6 Å². The van der Waals surface area contributed by atoms with Crippen molar-refractivity contribution < 1.29 is 19.1 Å². The third kappa shape index (κ3) is 20.6. The van der Waals surface area contributed by atoms with Crippen molar-refractivity contribution in [2.45, 2.75) is 86.0 Å². The SMILES string of the molecule is C=C(C)C(=O)OCC(CC)CCCC.C=CC(=O)OCCCCCC(C)C. The van der Waals surface area contributed by atoms with Crippen LogP contribution in [0.1, 0.15) is 86.0 Å². The number of rotatable bonds is 14. The topological polar surface area (TPSA) is 52.6 Å². The first kappa shape index (κ1) is 27.6. The first-order chi connectivity index (χ1) is 12.8. The zero-order chi connectivity index (χ0) is 21.1. The second-order valence-corrected chi connectivity index (χ2v) is 7.41. The average Bonchev–Trinajstić information content (AvgIpc) is 2.64. The first-order valence-corrected chi connectivity index (χ1v) is 10.4. The zero-order valence-electron chi connectivity index (χ0n) is 18.4. The van der Waals surface area contributed by atoms with Crippen molar-refractivity contribution in [3.8, 4) is 0 Å². The molecule has 0 heterocycles. The molecule has 0 aliphatic rings. The Bertz CT molecular complexity index is 413. The number of hydrogen-bond donors (Lipinski definition) is 0. The van der Waals surface area contributed by atoms with Gasteiger partial charge >= 0.3 is 11.9 Å². The predicted molar refractivity (Wildman–Crippen MR) is 114 cm³/mol. The van der Waals surface area contributed by atoms with Crippen LogP contribution in [0.4, 0.5) is 0 Å². The summed E-state index contributed by atoms with van der Waals surface area (Å²) in [6, 6.07) is 0. The van der Waals surface area contributed by atoms with E-state index in [1.807, 2.05) is 0 Å². The normalized spacial score (nSPS) is 11.2. The van der Waals surface area contributed by atoms with Gasteiger partial charge in [0.25, 0.3) is 0 Å². The molecule has 4 nitrogen and oxygen atoms in total. The number of esters is 2. The molecule has 1 unspecified atom stereocenters. The largest absolute Gasteiger partial charge is 0.463 e. The van der Waals surface area contributed by atoms with Crippen LogP contribution in [0.2, 0.25) is 0 Å². The highest BCUT2D eigenvalue weighted by Gasteiger charge is 2.09. The van der Waals surface area contributed by atoms with Gasteiger partial charge in [-0.15, -0.1) is 0 Å². The lowest BCUT2D eigenvalue weighted by Crippen LogP contribution is -2.14. The van der Waals surface area contributed by atoms with Gasteiger partial charge in [0.15, 0.2) is 0 Å². The van der Waals surface area contributed by atoms with Gasteiger partial charge in [-0.3, -0.25) is 0 Å². The molecule has 1 atom stereocenters. The number of hydrogen-bond acceptors (Lipinski definition) is 4. The van der Waals surface area contributed by atoms with E-state index in [0.29, 0.717) is 24.7 Å². The summed E-state index contributed by atoms with van der Waals surface area (Å²) >= 11 is 0. The van der Waals surface area contributed by atoms with Crippen LogP contribution in [-0.4, -0.2) is 25.2 Å². The molecule has 0 saturated carbocycles. The molecule has 0 amide bonds. The molecule has 0 rings (SSSR count). The molecule has 0 spiro atoms. The molecule has 0 fully saturated rings. The molecule has 0 aromatic carbocycles. The summed E-state index contributed by atoms with van der Waals surface area (Å²) < 4.78 is 9.96. The fraction of sp³-hybridized carbons (Fsp3) is 0.739. The van der Waals surface area contributed by atoms with Gasteiger partial charge in [-0.1, -0.05) is 79.4 Å². The van der Waals surface area contributed by atoms with E-state index in [2.05, 4.69) is 40.9 Å². The van der Waals surface area contributed by atoms with Crippen LogP contribution in [0.3, 0.4) is 0 Å². The van der Waals surface area contributed by atoms with Crippen molar-refractivity contribution in [1.29, 1.82) is 0 Å². The third-order valence-electron chi connectivity index (χ3n) is 4.18. The summed E-state index contributed by atoms with van der Waals surface area (Å²) in [5.41, 5.74) is 0.482. The molecule has 0 bridgehead atoms. The van der Waals surface area contributed by atoms with E-state index in [9.17, 15) is 9.59 Å². The molecular weight excluding hydrogens is 340 g/mol. The Hall–Kier alpha value is -1.58. The van der Waals surface area contributed by atoms with Crippen molar-refractivity contribution in [2.24, 2.45) is 11.8 Å². The fourth-order valence-electron chi connectivity index (χ4n) is 2.28. The molecule has 4 heteroatoms. The summed E-state index contributed by atoms with van der Waals surface area (Å²) in [5.74, 6) is 0.706. The van der Waals surface area contributed by atoms with Gasteiger partial charge < -0.3 is 9.47 Å². The van der Waals surface area contributed by atoms with E-state index >= 15 is 0 Å². The van der Waals surface area contributed by atoms with Crippen LogP contribution in [0, 0.1) is 11.8 Å². The molecular formula is C23H42O4. The molecule has 0 aliphatic carbocycles. The van der Waals surface area contributed by atoms with E-state index in [4.69, 9.17) is 9.47 Å². The van der Waals surface area contributed by atoms with Gasteiger partial charge in [0.1, 0.15) is 0 Å². The smallest absolute Gasteiger partial charge is 0.333 e. The monoisotopic (exact) mass is 382 g/mol. The summed E-state index contributed by atoms with van der Waals surface area (Å²) in [7, 11) is 0. The average molecular weight is 383 g/mol. The maximum Gasteiger partial charge on any atom is 0.333 e. The van der Waals surface area contributed by atoms with Crippen molar-refractivity contribution >= 4 is 11.9 Å². The van der Waals surface area contributed by atoms with E-state index in [1.165, 1.54) is 31.8 Å². The Balaban J connectivity index is 0. The summed E-state index contributed by atoms with van der Waals surface area (Å²) in [6.45, 7) is 18.4. The standard InChI is InChI=1S/C12H22O2.C11H20O2/c1-5-7-8-11(6-2)9-14-12(13)10(3)4;1-4-11(12)13-9-7-5-6-8-10(2)3/h11H,3,5-9H2,1-2,4H3;4,10H,1,5-9H2,2-3H3. The minimum Gasteiger partial charge on any atom is -0.463 e. The van der Waals surface area contributed by atoms with Crippen molar-refractivity contribution in [2.75, 3.05) is 13.2 Å². The molecule has 0 radical (unpaired) electrons. The summed E-state index contributed by atoms with van der Waals surface area (Å²) in [6.07, 6.45) is 10.4. The van der Waals surface area contributed by atoms with Gasteiger partial charge in [-0.25, -0.2) is 9.59 Å². The van der Waals surface area contributed by atoms with Gasteiger partial charge in [0.2, 0.25) is 0 Å². The highest BCUT2D eigenvalue weighted by atomic mass is 16.5. The van der Waals surface area contributed by atoms with E-state index < -0.39 is 0 Å². The molecule has 0 aromatic rings. The second kappa shape index (κ2) is 19.2.